The molecule has 3 nitrogen and oxygen atoms in total. The van der Waals surface area contributed by atoms with Crippen LogP contribution in [0, 0.1) is 5.82 Å². The van der Waals surface area contributed by atoms with Crippen molar-refractivity contribution in [1.82, 2.24) is 5.32 Å². The molecule has 0 aliphatic rings. The van der Waals surface area contributed by atoms with Crippen LogP contribution in [-0.2, 0) is 16.0 Å². The van der Waals surface area contributed by atoms with Gasteiger partial charge in [0.15, 0.2) is 0 Å². The summed E-state index contributed by atoms with van der Waals surface area (Å²) in [6, 6.07) is 6.20. The third kappa shape index (κ3) is 3.98. The van der Waals surface area contributed by atoms with Gasteiger partial charge >= 0.3 is 0 Å². The van der Waals surface area contributed by atoms with Crippen LogP contribution in [0.1, 0.15) is 12.5 Å². The number of halogens is 1. The Morgan fingerprint density at radius 1 is 1.50 bits per heavy atom. The Kier molecular flexibility index (Phi) is 4.92. The van der Waals surface area contributed by atoms with Crippen LogP contribution in [-0.4, -0.2) is 25.7 Å². The van der Waals surface area contributed by atoms with Crippen LogP contribution in [0.25, 0.3) is 0 Å². The molecule has 4 heteroatoms. The molecule has 1 amide bonds. The average Bonchev–Trinajstić information content (AvgIpc) is 2.21. The zero-order valence-electron chi connectivity index (χ0n) is 9.50. The number of hydrogen-bond acceptors (Lipinski definition) is 2. The maximum Gasteiger partial charge on any atom is 0.224 e. The highest BCUT2D eigenvalue weighted by Crippen LogP contribution is 2.06. The van der Waals surface area contributed by atoms with Crippen molar-refractivity contribution in [2.75, 3.05) is 13.7 Å². The molecule has 0 unspecified atom stereocenters. The van der Waals surface area contributed by atoms with E-state index in [4.69, 9.17) is 4.74 Å². The molecule has 1 atom stereocenters. The highest BCUT2D eigenvalue weighted by molar-refractivity contribution is 5.78. The molecule has 88 valence electrons. The van der Waals surface area contributed by atoms with E-state index in [-0.39, 0.29) is 24.2 Å². The van der Waals surface area contributed by atoms with Crippen molar-refractivity contribution in [3.05, 3.63) is 35.6 Å². The quantitative estimate of drug-likeness (QED) is 0.825. The van der Waals surface area contributed by atoms with Crippen LogP contribution in [0.3, 0.4) is 0 Å². The molecule has 16 heavy (non-hydrogen) atoms. The van der Waals surface area contributed by atoms with Crippen LogP contribution >= 0.6 is 0 Å². The fourth-order valence-corrected chi connectivity index (χ4v) is 1.43. The molecule has 1 aromatic rings. The van der Waals surface area contributed by atoms with Gasteiger partial charge in [-0.1, -0.05) is 18.2 Å². The van der Waals surface area contributed by atoms with Crippen LogP contribution in [0.4, 0.5) is 4.39 Å². The summed E-state index contributed by atoms with van der Waals surface area (Å²) in [6.07, 6.45) is 0.0563. The molecular formula is C12H16FNO2. The summed E-state index contributed by atoms with van der Waals surface area (Å²) < 4.78 is 18.1. The summed E-state index contributed by atoms with van der Waals surface area (Å²) >= 11 is 0. The number of benzene rings is 1. The summed E-state index contributed by atoms with van der Waals surface area (Å²) in [7, 11) is 1.57. The second-order valence-electron chi connectivity index (χ2n) is 3.69. The number of carbonyl (C=O) groups excluding carboxylic acids is 1. The SMILES string of the molecule is COC[C@H](C)NC(=O)Cc1ccccc1F. The molecular weight excluding hydrogens is 209 g/mol. The lowest BCUT2D eigenvalue weighted by molar-refractivity contribution is -0.121. The van der Waals surface area contributed by atoms with E-state index in [0.717, 1.165) is 0 Å². The van der Waals surface area contributed by atoms with Gasteiger partial charge in [0.25, 0.3) is 0 Å². The van der Waals surface area contributed by atoms with Crippen molar-refractivity contribution in [2.45, 2.75) is 19.4 Å². The van der Waals surface area contributed by atoms with Gasteiger partial charge in [-0.25, -0.2) is 4.39 Å². The molecule has 0 aliphatic carbocycles. The number of amides is 1. The number of rotatable bonds is 5. The highest BCUT2D eigenvalue weighted by atomic mass is 19.1. The third-order valence-corrected chi connectivity index (χ3v) is 2.13. The zero-order chi connectivity index (χ0) is 12.0. The molecule has 0 bridgehead atoms. The first-order valence-corrected chi connectivity index (χ1v) is 5.15. The van der Waals surface area contributed by atoms with Crippen molar-refractivity contribution in [3.8, 4) is 0 Å². The Labute approximate surface area is 94.6 Å². The van der Waals surface area contributed by atoms with Crippen molar-refractivity contribution in [1.29, 1.82) is 0 Å². The lowest BCUT2D eigenvalue weighted by atomic mass is 10.1. The van der Waals surface area contributed by atoms with Gasteiger partial charge in [-0.15, -0.1) is 0 Å². The van der Waals surface area contributed by atoms with Gasteiger partial charge in [0, 0.05) is 13.2 Å². The number of hydrogen-bond donors (Lipinski definition) is 1. The van der Waals surface area contributed by atoms with E-state index >= 15 is 0 Å². The molecule has 0 aromatic heterocycles. The zero-order valence-corrected chi connectivity index (χ0v) is 9.50. The Bertz CT molecular complexity index is 355. The predicted octanol–water partition coefficient (Wildman–Crippen LogP) is 1.52. The Hall–Kier alpha value is -1.42. The second kappa shape index (κ2) is 6.23. The first-order chi connectivity index (χ1) is 7.63. The molecule has 0 saturated carbocycles. The molecule has 0 aliphatic heterocycles. The van der Waals surface area contributed by atoms with E-state index in [1.54, 1.807) is 25.3 Å². The van der Waals surface area contributed by atoms with Gasteiger partial charge < -0.3 is 10.1 Å². The summed E-state index contributed by atoms with van der Waals surface area (Å²) in [6.45, 7) is 2.28. The first kappa shape index (κ1) is 12.6. The van der Waals surface area contributed by atoms with Crippen molar-refractivity contribution in [3.63, 3.8) is 0 Å². The summed E-state index contributed by atoms with van der Waals surface area (Å²) in [5.41, 5.74) is 0.407. The van der Waals surface area contributed by atoms with Crippen LogP contribution < -0.4 is 5.32 Å². The lowest BCUT2D eigenvalue weighted by Crippen LogP contribution is -2.36. The highest BCUT2D eigenvalue weighted by Gasteiger charge is 2.10. The van der Waals surface area contributed by atoms with E-state index in [0.29, 0.717) is 12.2 Å². The minimum absolute atomic E-state index is 0.0563. The Morgan fingerprint density at radius 2 is 2.19 bits per heavy atom. The lowest BCUT2D eigenvalue weighted by Gasteiger charge is -2.12. The fraction of sp³-hybridized carbons (Fsp3) is 0.417. The summed E-state index contributed by atoms with van der Waals surface area (Å²) in [5, 5.41) is 2.73. The van der Waals surface area contributed by atoms with Crippen LogP contribution in [0.2, 0.25) is 0 Å². The van der Waals surface area contributed by atoms with Gasteiger partial charge in [-0.05, 0) is 18.6 Å². The van der Waals surface area contributed by atoms with Crippen LogP contribution in [0.5, 0.6) is 0 Å². The molecule has 0 heterocycles. The summed E-state index contributed by atoms with van der Waals surface area (Å²) in [5.74, 6) is -0.549. The smallest absolute Gasteiger partial charge is 0.224 e. The standard InChI is InChI=1S/C12H16FNO2/c1-9(8-16-2)14-12(15)7-10-5-3-4-6-11(10)13/h3-6,9H,7-8H2,1-2H3,(H,14,15)/t9-/m0/s1. The maximum absolute atomic E-state index is 13.2. The Balaban J connectivity index is 2.49. The van der Waals surface area contributed by atoms with Gasteiger partial charge in [0.1, 0.15) is 5.82 Å². The third-order valence-electron chi connectivity index (χ3n) is 2.13. The molecule has 1 aromatic carbocycles. The number of nitrogens with one attached hydrogen (secondary N) is 1. The largest absolute Gasteiger partial charge is 0.383 e. The maximum atomic E-state index is 13.2. The van der Waals surface area contributed by atoms with Gasteiger partial charge in [0.2, 0.25) is 5.91 Å². The van der Waals surface area contributed by atoms with Gasteiger partial charge in [-0.2, -0.15) is 0 Å². The van der Waals surface area contributed by atoms with E-state index in [2.05, 4.69) is 5.32 Å². The van der Waals surface area contributed by atoms with Crippen molar-refractivity contribution < 1.29 is 13.9 Å². The minimum Gasteiger partial charge on any atom is -0.383 e. The fourth-order valence-electron chi connectivity index (χ4n) is 1.43. The molecule has 0 saturated heterocycles. The van der Waals surface area contributed by atoms with Crippen LogP contribution in [0.15, 0.2) is 24.3 Å². The van der Waals surface area contributed by atoms with Gasteiger partial charge in [0.05, 0.1) is 13.0 Å². The normalized spacial score (nSPS) is 12.2. The summed E-state index contributed by atoms with van der Waals surface area (Å²) in [4.78, 5) is 11.5. The van der Waals surface area contributed by atoms with Gasteiger partial charge in [-0.3, -0.25) is 4.79 Å². The number of carbonyl (C=O) groups is 1. The molecule has 0 fully saturated rings. The second-order valence-corrected chi connectivity index (χ2v) is 3.69. The van der Waals surface area contributed by atoms with E-state index in [1.165, 1.54) is 6.07 Å². The van der Waals surface area contributed by atoms with E-state index in [1.807, 2.05) is 6.92 Å². The average molecular weight is 225 g/mol. The number of ether oxygens (including phenoxy) is 1. The number of methoxy groups -OCH3 is 1. The van der Waals surface area contributed by atoms with Crippen molar-refractivity contribution in [2.24, 2.45) is 0 Å². The predicted molar refractivity (Wildman–Crippen MR) is 59.6 cm³/mol. The Morgan fingerprint density at radius 3 is 2.81 bits per heavy atom. The molecule has 0 spiro atoms. The monoisotopic (exact) mass is 225 g/mol. The topological polar surface area (TPSA) is 38.3 Å². The van der Waals surface area contributed by atoms with E-state index in [9.17, 15) is 9.18 Å². The van der Waals surface area contributed by atoms with E-state index < -0.39 is 0 Å². The minimum atomic E-state index is -0.350. The van der Waals surface area contributed by atoms with Crippen molar-refractivity contribution >= 4 is 5.91 Å². The molecule has 1 N–H and O–H groups in total. The molecule has 1 rings (SSSR count). The first-order valence-electron chi connectivity index (χ1n) is 5.15. The molecule has 0 radical (unpaired) electrons.